The minimum atomic E-state index is -0.612. The lowest BCUT2D eigenvalue weighted by atomic mass is 10.2. The van der Waals surface area contributed by atoms with Gasteiger partial charge < -0.3 is 14.8 Å². The molecule has 0 saturated carbocycles. The summed E-state index contributed by atoms with van der Waals surface area (Å²) < 4.78 is 8.90. The molecule has 1 amide bonds. The Balaban J connectivity index is 2.61. The van der Waals surface area contributed by atoms with Gasteiger partial charge in [0.05, 0.1) is 19.8 Å². The maximum atomic E-state index is 11.4. The van der Waals surface area contributed by atoms with Crippen molar-refractivity contribution in [1.82, 2.24) is 0 Å². The number of hydrogen-bond acceptors (Lipinski definition) is 5. The van der Waals surface area contributed by atoms with Gasteiger partial charge in [-0.2, -0.15) is 0 Å². The third-order valence-electron chi connectivity index (χ3n) is 2.12. The molecule has 1 aromatic carbocycles. The molecule has 96 valence electrons. The molecule has 0 radical (unpaired) electrons. The van der Waals surface area contributed by atoms with Gasteiger partial charge in [-0.1, -0.05) is 0 Å². The second kappa shape index (κ2) is 6.39. The van der Waals surface area contributed by atoms with Crippen molar-refractivity contribution in [2.24, 2.45) is 0 Å². The molecule has 1 aromatic rings. The summed E-state index contributed by atoms with van der Waals surface area (Å²) in [5.41, 5.74) is 0.861. The predicted molar refractivity (Wildman–Crippen MR) is 63.0 cm³/mol. The lowest BCUT2D eigenvalue weighted by Gasteiger charge is -2.05. The van der Waals surface area contributed by atoms with E-state index in [1.165, 1.54) is 26.4 Å². The fourth-order valence-corrected chi connectivity index (χ4v) is 1.22. The molecule has 0 aliphatic heterocycles. The topological polar surface area (TPSA) is 81.7 Å². The van der Waals surface area contributed by atoms with E-state index in [1.54, 1.807) is 12.1 Å². The molecule has 1 N–H and O–H groups in total. The summed E-state index contributed by atoms with van der Waals surface area (Å²) in [6.07, 6.45) is -0.352. The summed E-state index contributed by atoms with van der Waals surface area (Å²) in [5, 5.41) is 2.50. The Bertz CT molecular complexity index is 452. The van der Waals surface area contributed by atoms with Crippen molar-refractivity contribution >= 4 is 23.5 Å². The van der Waals surface area contributed by atoms with Gasteiger partial charge in [0.15, 0.2) is 0 Å². The van der Waals surface area contributed by atoms with E-state index < -0.39 is 17.8 Å². The van der Waals surface area contributed by atoms with E-state index in [9.17, 15) is 14.4 Å². The van der Waals surface area contributed by atoms with Crippen LogP contribution in [0.25, 0.3) is 0 Å². The molecule has 6 heteroatoms. The third kappa shape index (κ3) is 3.89. The van der Waals surface area contributed by atoms with Crippen LogP contribution in [0.3, 0.4) is 0 Å². The van der Waals surface area contributed by atoms with Crippen LogP contribution in [0, 0.1) is 0 Å². The van der Waals surface area contributed by atoms with Crippen molar-refractivity contribution < 1.29 is 23.9 Å². The Labute approximate surface area is 104 Å². The number of amides is 1. The van der Waals surface area contributed by atoms with Crippen LogP contribution in [0.5, 0.6) is 0 Å². The summed E-state index contributed by atoms with van der Waals surface area (Å²) in [4.78, 5) is 33.4. The molecule has 6 nitrogen and oxygen atoms in total. The van der Waals surface area contributed by atoms with Crippen molar-refractivity contribution in [3.63, 3.8) is 0 Å². The number of benzene rings is 1. The summed E-state index contributed by atoms with van der Waals surface area (Å²) in [5.74, 6) is -1.55. The largest absolute Gasteiger partial charge is 0.469 e. The van der Waals surface area contributed by atoms with Crippen LogP contribution in [0.1, 0.15) is 16.8 Å². The molecule has 0 aliphatic carbocycles. The number of esters is 2. The number of carbonyl (C=O) groups excluding carboxylic acids is 3. The van der Waals surface area contributed by atoms with E-state index in [2.05, 4.69) is 14.8 Å². The zero-order valence-corrected chi connectivity index (χ0v) is 10.1. The predicted octanol–water partition coefficient (Wildman–Crippen LogP) is 0.975. The second-order valence-corrected chi connectivity index (χ2v) is 3.37. The van der Waals surface area contributed by atoms with Crippen LogP contribution in [0.4, 0.5) is 5.69 Å². The van der Waals surface area contributed by atoms with Crippen LogP contribution in [-0.4, -0.2) is 32.1 Å². The zero-order valence-electron chi connectivity index (χ0n) is 10.1. The first-order valence-corrected chi connectivity index (χ1v) is 5.12. The average molecular weight is 251 g/mol. The summed E-state index contributed by atoms with van der Waals surface area (Å²) in [7, 11) is 2.50. The molecule has 0 bridgehead atoms. The molecule has 0 aliphatic rings. The maximum Gasteiger partial charge on any atom is 0.337 e. The molecule has 18 heavy (non-hydrogen) atoms. The maximum absolute atomic E-state index is 11.4. The van der Waals surface area contributed by atoms with Gasteiger partial charge in [-0.15, -0.1) is 0 Å². The van der Waals surface area contributed by atoms with Crippen molar-refractivity contribution in [3.05, 3.63) is 29.8 Å². The van der Waals surface area contributed by atoms with E-state index in [0.717, 1.165) is 0 Å². The van der Waals surface area contributed by atoms with Crippen LogP contribution in [0.2, 0.25) is 0 Å². The van der Waals surface area contributed by atoms with E-state index in [1.807, 2.05) is 0 Å². The molecule has 0 saturated heterocycles. The van der Waals surface area contributed by atoms with Crippen molar-refractivity contribution in [3.8, 4) is 0 Å². The smallest absolute Gasteiger partial charge is 0.337 e. The van der Waals surface area contributed by atoms with E-state index in [4.69, 9.17) is 0 Å². The van der Waals surface area contributed by atoms with Gasteiger partial charge in [-0.05, 0) is 24.3 Å². The quantitative estimate of drug-likeness (QED) is 0.637. The van der Waals surface area contributed by atoms with E-state index in [-0.39, 0.29) is 6.42 Å². The fourth-order valence-electron chi connectivity index (χ4n) is 1.22. The minimum absolute atomic E-state index is 0.352. The highest BCUT2D eigenvalue weighted by atomic mass is 16.5. The van der Waals surface area contributed by atoms with Gasteiger partial charge in [0, 0.05) is 5.69 Å². The van der Waals surface area contributed by atoms with Crippen molar-refractivity contribution in [1.29, 1.82) is 0 Å². The Morgan fingerprint density at radius 3 is 2.17 bits per heavy atom. The van der Waals surface area contributed by atoms with Gasteiger partial charge in [0.2, 0.25) is 5.91 Å². The molecule has 0 aromatic heterocycles. The molecule has 0 atom stereocenters. The molecule has 0 fully saturated rings. The number of anilines is 1. The second-order valence-electron chi connectivity index (χ2n) is 3.37. The minimum Gasteiger partial charge on any atom is -0.469 e. The number of hydrogen-bond donors (Lipinski definition) is 1. The highest BCUT2D eigenvalue weighted by Gasteiger charge is 2.10. The zero-order chi connectivity index (χ0) is 13.5. The van der Waals surface area contributed by atoms with Crippen LogP contribution in [-0.2, 0) is 19.1 Å². The molecule has 1 rings (SSSR count). The number of ether oxygens (including phenoxy) is 2. The third-order valence-corrected chi connectivity index (χ3v) is 2.12. The number of nitrogens with one attached hydrogen (secondary N) is 1. The van der Waals surface area contributed by atoms with Crippen LogP contribution < -0.4 is 5.32 Å². The molecule has 0 spiro atoms. The monoisotopic (exact) mass is 251 g/mol. The number of carbonyl (C=O) groups is 3. The highest BCUT2D eigenvalue weighted by molar-refractivity contribution is 6.02. The molecule has 0 unspecified atom stereocenters. The normalized spacial score (nSPS) is 9.44. The SMILES string of the molecule is COC(=O)CC(=O)Nc1ccc(C(=O)OC)cc1. The fraction of sp³-hybridized carbons (Fsp3) is 0.250. The summed E-state index contributed by atoms with van der Waals surface area (Å²) in [6.45, 7) is 0. The van der Waals surface area contributed by atoms with Gasteiger partial charge >= 0.3 is 11.9 Å². The van der Waals surface area contributed by atoms with Crippen molar-refractivity contribution in [2.75, 3.05) is 19.5 Å². The Morgan fingerprint density at radius 1 is 1.06 bits per heavy atom. The van der Waals surface area contributed by atoms with E-state index >= 15 is 0 Å². The Kier molecular flexibility index (Phi) is 4.86. The van der Waals surface area contributed by atoms with Crippen LogP contribution >= 0.6 is 0 Å². The molecular weight excluding hydrogens is 238 g/mol. The number of methoxy groups -OCH3 is 2. The lowest BCUT2D eigenvalue weighted by molar-refractivity contribution is -0.142. The van der Waals surface area contributed by atoms with E-state index in [0.29, 0.717) is 11.3 Å². The highest BCUT2D eigenvalue weighted by Crippen LogP contribution is 2.10. The summed E-state index contributed by atoms with van der Waals surface area (Å²) >= 11 is 0. The molecule has 0 heterocycles. The van der Waals surface area contributed by atoms with Gasteiger partial charge in [-0.25, -0.2) is 4.79 Å². The number of rotatable bonds is 4. The first kappa shape index (κ1) is 13.7. The Morgan fingerprint density at radius 2 is 1.67 bits per heavy atom. The van der Waals surface area contributed by atoms with Gasteiger partial charge in [0.1, 0.15) is 6.42 Å². The lowest BCUT2D eigenvalue weighted by Crippen LogP contribution is -2.17. The Hall–Kier alpha value is -2.37. The summed E-state index contributed by atoms with van der Waals surface area (Å²) in [6, 6.07) is 6.11. The standard InChI is InChI=1S/C12H13NO5/c1-17-11(15)7-10(14)13-9-5-3-8(4-6-9)12(16)18-2/h3-6H,7H2,1-2H3,(H,13,14). The van der Waals surface area contributed by atoms with Gasteiger partial charge in [0.25, 0.3) is 0 Å². The van der Waals surface area contributed by atoms with Crippen molar-refractivity contribution in [2.45, 2.75) is 6.42 Å². The van der Waals surface area contributed by atoms with Gasteiger partial charge in [-0.3, -0.25) is 9.59 Å². The molecular formula is C12H13NO5. The average Bonchev–Trinajstić information content (AvgIpc) is 2.38. The first-order chi connectivity index (χ1) is 8.56. The first-order valence-electron chi connectivity index (χ1n) is 5.12. The van der Waals surface area contributed by atoms with Crippen LogP contribution in [0.15, 0.2) is 24.3 Å².